The van der Waals surface area contributed by atoms with Crippen LogP contribution in [0.3, 0.4) is 0 Å². The van der Waals surface area contributed by atoms with Crippen molar-refractivity contribution in [3.8, 4) is 0 Å². The molecule has 0 aliphatic carbocycles. The SMILES string of the molecule is CCCC(CC)CCNC(CC)CCC. The zero-order chi connectivity index (χ0) is 11.5. The van der Waals surface area contributed by atoms with Crippen LogP contribution in [0.25, 0.3) is 0 Å². The molecule has 92 valence electrons. The van der Waals surface area contributed by atoms with Crippen molar-refractivity contribution in [2.24, 2.45) is 5.92 Å². The molecule has 1 N–H and O–H groups in total. The van der Waals surface area contributed by atoms with Crippen molar-refractivity contribution in [3.63, 3.8) is 0 Å². The Morgan fingerprint density at radius 1 is 0.800 bits per heavy atom. The van der Waals surface area contributed by atoms with Gasteiger partial charge in [0.1, 0.15) is 0 Å². The summed E-state index contributed by atoms with van der Waals surface area (Å²) in [5, 5.41) is 3.69. The fourth-order valence-electron chi connectivity index (χ4n) is 2.25. The topological polar surface area (TPSA) is 12.0 Å². The van der Waals surface area contributed by atoms with Crippen molar-refractivity contribution in [2.45, 2.75) is 78.7 Å². The summed E-state index contributed by atoms with van der Waals surface area (Å²) >= 11 is 0. The van der Waals surface area contributed by atoms with Crippen molar-refractivity contribution in [3.05, 3.63) is 0 Å². The Labute approximate surface area is 97.0 Å². The molecule has 15 heavy (non-hydrogen) atoms. The second-order valence-electron chi connectivity index (χ2n) is 4.70. The molecule has 0 saturated heterocycles. The van der Waals surface area contributed by atoms with Gasteiger partial charge in [0, 0.05) is 6.04 Å². The van der Waals surface area contributed by atoms with Crippen LogP contribution in [0.2, 0.25) is 0 Å². The van der Waals surface area contributed by atoms with Gasteiger partial charge in [-0.2, -0.15) is 0 Å². The molecule has 0 saturated carbocycles. The van der Waals surface area contributed by atoms with E-state index in [9.17, 15) is 0 Å². The summed E-state index contributed by atoms with van der Waals surface area (Å²) in [6.07, 6.45) is 9.37. The molecule has 0 rings (SSSR count). The molecule has 1 heteroatoms. The van der Waals surface area contributed by atoms with Gasteiger partial charge in [-0.3, -0.25) is 0 Å². The van der Waals surface area contributed by atoms with E-state index < -0.39 is 0 Å². The summed E-state index contributed by atoms with van der Waals surface area (Å²) in [5.74, 6) is 0.946. The monoisotopic (exact) mass is 213 g/mol. The maximum absolute atomic E-state index is 3.69. The van der Waals surface area contributed by atoms with E-state index in [1.165, 1.54) is 51.5 Å². The van der Waals surface area contributed by atoms with Gasteiger partial charge in [-0.1, -0.05) is 53.4 Å². The Morgan fingerprint density at radius 3 is 1.93 bits per heavy atom. The van der Waals surface area contributed by atoms with Crippen LogP contribution in [0.4, 0.5) is 0 Å². The molecule has 0 radical (unpaired) electrons. The van der Waals surface area contributed by atoms with Crippen molar-refractivity contribution in [1.82, 2.24) is 5.32 Å². The van der Waals surface area contributed by atoms with E-state index in [0.29, 0.717) is 0 Å². The normalized spacial score (nSPS) is 15.2. The highest BCUT2D eigenvalue weighted by Gasteiger charge is 2.07. The fraction of sp³-hybridized carbons (Fsp3) is 1.00. The molecular weight excluding hydrogens is 182 g/mol. The molecule has 0 bridgehead atoms. The minimum atomic E-state index is 0.758. The fourth-order valence-corrected chi connectivity index (χ4v) is 2.25. The number of hydrogen-bond donors (Lipinski definition) is 1. The summed E-state index contributed by atoms with van der Waals surface area (Å²) in [5.41, 5.74) is 0. The van der Waals surface area contributed by atoms with Crippen LogP contribution < -0.4 is 5.32 Å². The number of hydrogen-bond acceptors (Lipinski definition) is 1. The average Bonchev–Trinajstić information content (AvgIpc) is 2.26. The maximum Gasteiger partial charge on any atom is 0.00643 e. The van der Waals surface area contributed by atoms with Crippen molar-refractivity contribution >= 4 is 0 Å². The number of nitrogens with one attached hydrogen (secondary N) is 1. The summed E-state index contributed by atoms with van der Waals surface area (Å²) in [6.45, 7) is 10.4. The highest BCUT2D eigenvalue weighted by atomic mass is 14.9. The molecule has 0 amide bonds. The van der Waals surface area contributed by atoms with E-state index in [2.05, 4.69) is 33.0 Å². The lowest BCUT2D eigenvalue weighted by Crippen LogP contribution is -2.30. The van der Waals surface area contributed by atoms with Crippen LogP contribution in [0.15, 0.2) is 0 Å². The molecule has 0 aromatic rings. The third-order valence-corrected chi connectivity index (χ3v) is 3.39. The molecule has 2 unspecified atom stereocenters. The Bertz CT molecular complexity index is 109. The van der Waals surface area contributed by atoms with E-state index >= 15 is 0 Å². The van der Waals surface area contributed by atoms with E-state index in [4.69, 9.17) is 0 Å². The summed E-state index contributed by atoms with van der Waals surface area (Å²) in [7, 11) is 0. The lowest BCUT2D eigenvalue weighted by molar-refractivity contribution is 0.386. The molecular formula is C14H31N. The van der Waals surface area contributed by atoms with Crippen LogP contribution in [-0.2, 0) is 0 Å². The van der Waals surface area contributed by atoms with Gasteiger partial charge in [-0.25, -0.2) is 0 Å². The van der Waals surface area contributed by atoms with Crippen LogP contribution >= 0.6 is 0 Å². The average molecular weight is 213 g/mol. The summed E-state index contributed by atoms with van der Waals surface area (Å²) < 4.78 is 0. The molecule has 0 aliphatic heterocycles. The maximum atomic E-state index is 3.69. The van der Waals surface area contributed by atoms with Crippen LogP contribution in [0.1, 0.15) is 72.6 Å². The van der Waals surface area contributed by atoms with Gasteiger partial charge >= 0.3 is 0 Å². The predicted molar refractivity (Wildman–Crippen MR) is 70.3 cm³/mol. The third kappa shape index (κ3) is 7.84. The van der Waals surface area contributed by atoms with E-state index in [1.807, 2.05) is 0 Å². The number of rotatable bonds is 10. The molecule has 1 nitrogen and oxygen atoms in total. The van der Waals surface area contributed by atoms with E-state index in [1.54, 1.807) is 0 Å². The second-order valence-corrected chi connectivity index (χ2v) is 4.70. The first-order chi connectivity index (χ1) is 7.28. The van der Waals surface area contributed by atoms with Gasteiger partial charge in [-0.15, -0.1) is 0 Å². The quantitative estimate of drug-likeness (QED) is 0.568. The Hall–Kier alpha value is -0.0400. The molecule has 2 atom stereocenters. The lowest BCUT2D eigenvalue weighted by Gasteiger charge is -2.19. The zero-order valence-corrected chi connectivity index (χ0v) is 11.3. The van der Waals surface area contributed by atoms with Gasteiger partial charge in [0.15, 0.2) is 0 Å². The minimum Gasteiger partial charge on any atom is -0.314 e. The van der Waals surface area contributed by atoms with Gasteiger partial charge < -0.3 is 5.32 Å². The van der Waals surface area contributed by atoms with Gasteiger partial charge in [0.25, 0.3) is 0 Å². The molecule has 0 aromatic heterocycles. The van der Waals surface area contributed by atoms with Crippen LogP contribution in [-0.4, -0.2) is 12.6 Å². The highest BCUT2D eigenvalue weighted by molar-refractivity contribution is 4.66. The Balaban J connectivity index is 3.55. The molecule has 0 aromatic carbocycles. The summed E-state index contributed by atoms with van der Waals surface area (Å²) in [4.78, 5) is 0. The Kier molecular flexibility index (Phi) is 10.4. The molecule has 0 aliphatic rings. The smallest absolute Gasteiger partial charge is 0.00643 e. The summed E-state index contributed by atoms with van der Waals surface area (Å²) in [6, 6.07) is 0.758. The van der Waals surface area contributed by atoms with Crippen LogP contribution in [0.5, 0.6) is 0 Å². The van der Waals surface area contributed by atoms with Crippen molar-refractivity contribution < 1.29 is 0 Å². The van der Waals surface area contributed by atoms with Gasteiger partial charge in [0.2, 0.25) is 0 Å². The van der Waals surface area contributed by atoms with E-state index in [0.717, 1.165) is 12.0 Å². The highest BCUT2D eigenvalue weighted by Crippen LogP contribution is 2.14. The Morgan fingerprint density at radius 2 is 1.47 bits per heavy atom. The predicted octanol–water partition coefficient (Wildman–Crippen LogP) is 4.37. The largest absolute Gasteiger partial charge is 0.314 e. The third-order valence-electron chi connectivity index (χ3n) is 3.39. The van der Waals surface area contributed by atoms with Crippen molar-refractivity contribution in [2.75, 3.05) is 6.54 Å². The first-order valence-corrected chi connectivity index (χ1v) is 7.01. The van der Waals surface area contributed by atoms with Gasteiger partial charge in [-0.05, 0) is 31.7 Å². The van der Waals surface area contributed by atoms with Crippen LogP contribution in [0, 0.1) is 5.92 Å². The first kappa shape index (κ1) is 15.0. The lowest BCUT2D eigenvalue weighted by atomic mass is 9.97. The minimum absolute atomic E-state index is 0.758. The first-order valence-electron chi connectivity index (χ1n) is 7.01. The standard InChI is InChI=1S/C14H31N/c1-5-9-13(7-3)11-12-15-14(8-4)10-6-2/h13-15H,5-12H2,1-4H3. The van der Waals surface area contributed by atoms with E-state index in [-0.39, 0.29) is 0 Å². The molecule has 0 heterocycles. The van der Waals surface area contributed by atoms with Crippen molar-refractivity contribution in [1.29, 1.82) is 0 Å². The zero-order valence-electron chi connectivity index (χ0n) is 11.3. The molecule has 0 fully saturated rings. The second kappa shape index (κ2) is 10.5. The molecule has 0 spiro atoms. The van der Waals surface area contributed by atoms with Gasteiger partial charge in [0.05, 0.1) is 0 Å².